The maximum Gasteiger partial charge on any atom is 0.417 e. The predicted octanol–water partition coefficient (Wildman–Crippen LogP) is 5.78. The molecule has 1 saturated heterocycles. The molecule has 0 saturated carbocycles. The highest BCUT2D eigenvalue weighted by Crippen LogP contribution is 2.40. The van der Waals surface area contributed by atoms with Crippen molar-refractivity contribution in [2.45, 2.75) is 43.5 Å². The molecule has 1 N–H and O–H groups in total. The Hall–Kier alpha value is -3.83. The van der Waals surface area contributed by atoms with Crippen molar-refractivity contribution in [2.75, 3.05) is 13.1 Å². The highest BCUT2D eigenvalue weighted by atomic mass is 32.2. The molecule has 1 fully saturated rings. The van der Waals surface area contributed by atoms with Gasteiger partial charge in [-0.3, -0.25) is 9.69 Å². The number of likely N-dealkylation sites (tertiary alicyclic amines) is 1. The minimum absolute atomic E-state index is 0.0138. The van der Waals surface area contributed by atoms with Crippen LogP contribution in [0.2, 0.25) is 0 Å². The fourth-order valence-electron chi connectivity index (χ4n) is 5.58. The fraction of sp³-hybridized carbons (Fsp3) is 0.276. The standard InChI is InChI=1S/C29H26F3N3O4S/c30-29(31,32)22-9-3-5-11-26(22)40(37,38)39-25-13-12-20(27-21(25)17-33-28(27)36)24-16-19-8-2-4-10-23(19)35(24)18-34-14-6-1-7-15-34/h2-5,8-13,16H,1,6-7,14-15,17-18H2,(H,33,36). The Labute approximate surface area is 229 Å². The average molecular weight is 570 g/mol. The van der Waals surface area contributed by atoms with Crippen LogP contribution in [0.1, 0.15) is 40.7 Å². The fourth-order valence-corrected chi connectivity index (χ4v) is 6.76. The van der Waals surface area contributed by atoms with E-state index in [0.717, 1.165) is 54.7 Å². The number of hydrogen-bond donors (Lipinski definition) is 1. The second kappa shape index (κ2) is 9.97. The first-order chi connectivity index (χ1) is 19.1. The molecule has 3 aromatic carbocycles. The number of piperidine rings is 1. The van der Waals surface area contributed by atoms with Gasteiger partial charge in [0.05, 0.1) is 23.5 Å². The lowest BCUT2D eigenvalue weighted by Gasteiger charge is -2.28. The quantitative estimate of drug-likeness (QED) is 0.298. The van der Waals surface area contributed by atoms with Gasteiger partial charge in [0.25, 0.3) is 5.91 Å². The van der Waals surface area contributed by atoms with Gasteiger partial charge in [-0.25, -0.2) is 0 Å². The van der Waals surface area contributed by atoms with Crippen molar-refractivity contribution in [3.05, 3.63) is 83.4 Å². The molecule has 0 radical (unpaired) electrons. The Morgan fingerprint density at radius 1 is 0.925 bits per heavy atom. The molecule has 0 spiro atoms. The first kappa shape index (κ1) is 26.4. The van der Waals surface area contributed by atoms with E-state index in [4.69, 9.17) is 4.18 Å². The summed E-state index contributed by atoms with van der Waals surface area (Å²) in [6.07, 6.45) is -1.46. The summed E-state index contributed by atoms with van der Waals surface area (Å²) >= 11 is 0. The van der Waals surface area contributed by atoms with Gasteiger partial charge in [0.15, 0.2) is 0 Å². The van der Waals surface area contributed by atoms with Crippen LogP contribution in [0.15, 0.2) is 71.6 Å². The average Bonchev–Trinajstić information content (AvgIpc) is 3.50. The third kappa shape index (κ3) is 4.73. The lowest BCUT2D eigenvalue weighted by Crippen LogP contribution is -2.31. The molecule has 7 nitrogen and oxygen atoms in total. The predicted molar refractivity (Wildman–Crippen MR) is 143 cm³/mol. The molecular weight excluding hydrogens is 543 g/mol. The van der Waals surface area contributed by atoms with Crippen molar-refractivity contribution in [2.24, 2.45) is 0 Å². The molecule has 1 amide bonds. The molecule has 6 rings (SSSR count). The molecule has 0 atom stereocenters. The molecule has 2 aliphatic heterocycles. The number of nitrogens with one attached hydrogen (secondary N) is 1. The van der Waals surface area contributed by atoms with Crippen LogP contribution < -0.4 is 9.50 Å². The largest absolute Gasteiger partial charge is 0.417 e. The van der Waals surface area contributed by atoms with Crippen molar-refractivity contribution < 1.29 is 30.6 Å². The van der Waals surface area contributed by atoms with Gasteiger partial charge in [-0.1, -0.05) is 36.8 Å². The maximum absolute atomic E-state index is 13.5. The Morgan fingerprint density at radius 3 is 2.42 bits per heavy atom. The van der Waals surface area contributed by atoms with Crippen LogP contribution in [0.25, 0.3) is 22.2 Å². The van der Waals surface area contributed by atoms with Crippen LogP contribution in [0.4, 0.5) is 13.2 Å². The van der Waals surface area contributed by atoms with Crippen LogP contribution >= 0.6 is 0 Å². The molecule has 1 aromatic heterocycles. The minimum atomic E-state index is -4.89. The van der Waals surface area contributed by atoms with Gasteiger partial charge < -0.3 is 14.1 Å². The summed E-state index contributed by atoms with van der Waals surface area (Å²) in [7, 11) is -4.86. The van der Waals surface area contributed by atoms with Crippen LogP contribution in [-0.4, -0.2) is 36.9 Å². The van der Waals surface area contributed by atoms with Gasteiger partial charge >= 0.3 is 16.3 Å². The second-order valence-corrected chi connectivity index (χ2v) is 11.5. The Bertz CT molecular complexity index is 1720. The summed E-state index contributed by atoms with van der Waals surface area (Å²) in [4.78, 5) is 14.4. The molecule has 3 heterocycles. The number of carbonyl (C=O) groups is 1. The second-order valence-electron chi connectivity index (χ2n) is 10.0. The zero-order valence-electron chi connectivity index (χ0n) is 21.4. The van der Waals surface area contributed by atoms with E-state index in [1.165, 1.54) is 18.6 Å². The van der Waals surface area contributed by atoms with E-state index >= 15 is 0 Å². The Morgan fingerprint density at radius 2 is 1.65 bits per heavy atom. The first-order valence-electron chi connectivity index (χ1n) is 13.0. The molecular formula is C29H26F3N3O4S. The van der Waals surface area contributed by atoms with Gasteiger partial charge in [-0.2, -0.15) is 21.6 Å². The zero-order chi connectivity index (χ0) is 28.1. The van der Waals surface area contributed by atoms with Gasteiger partial charge in [0.2, 0.25) is 0 Å². The molecule has 208 valence electrons. The molecule has 0 aliphatic carbocycles. The van der Waals surface area contributed by atoms with E-state index in [0.29, 0.717) is 18.3 Å². The molecule has 40 heavy (non-hydrogen) atoms. The Kier molecular flexibility index (Phi) is 6.58. The third-order valence-electron chi connectivity index (χ3n) is 7.46. The summed E-state index contributed by atoms with van der Waals surface area (Å²) in [6.45, 7) is 2.55. The first-order valence-corrected chi connectivity index (χ1v) is 14.4. The number of fused-ring (bicyclic) bond motifs is 2. The van der Waals surface area contributed by atoms with Crippen molar-refractivity contribution in [3.63, 3.8) is 0 Å². The highest BCUT2D eigenvalue weighted by molar-refractivity contribution is 7.87. The minimum Gasteiger partial charge on any atom is -0.379 e. The number of amides is 1. The topological polar surface area (TPSA) is 80.6 Å². The molecule has 11 heteroatoms. The number of nitrogens with zero attached hydrogens (tertiary/aromatic N) is 2. The summed E-state index contributed by atoms with van der Waals surface area (Å²) in [5.41, 5.74) is 1.60. The van der Waals surface area contributed by atoms with E-state index in [-0.39, 0.29) is 23.4 Å². The number of hydrogen-bond acceptors (Lipinski definition) is 5. The van der Waals surface area contributed by atoms with E-state index in [2.05, 4.69) is 14.8 Å². The maximum atomic E-state index is 13.5. The van der Waals surface area contributed by atoms with E-state index in [1.807, 2.05) is 30.3 Å². The molecule has 2 aliphatic rings. The van der Waals surface area contributed by atoms with Gasteiger partial charge in [0, 0.05) is 28.6 Å². The van der Waals surface area contributed by atoms with Crippen LogP contribution in [0.3, 0.4) is 0 Å². The number of benzene rings is 3. The zero-order valence-corrected chi connectivity index (χ0v) is 22.2. The van der Waals surface area contributed by atoms with E-state index in [9.17, 15) is 26.4 Å². The molecule has 0 bridgehead atoms. The lowest BCUT2D eigenvalue weighted by molar-refractivity contribution is -0.139. The summed E-state index contributed by atoms with van der Waals surface area (Å²) in [6, 6.07) is 16.8. The van der Waals surface area contributed by atoms with Crippen molar-refractivity contribution >= 4 is 26.9 Å². The van der Waals surface area contributed by atoms with Crippen molar-refractivity contribution in [3.8, 4) is 17.0 Å². The number of alkyl halides is 3. The van der Waals surface area contributed by atoms with Crippen molar-refractivity contribution in [1.82, 2.24) is 14.8 Å². The number of rotatable bonds is 6. The Balaban J connectivity index is 1.44. The highest BCUT2D eigenvalue weighted by Gasteiger charge is 2.38. The molecule has 4 aromatic rings. The van der Waals surface area contributed by atoms with Crippen LogP contribution in [-0.2, 0) is 29.5 Å². The number of carbonyl (C=O) groups excluding carboxylic acids is 1. The number of para-hydroxylation sites is 1. The normalized spacial score (nSPS) is 16.2. The molecule has 0 unspecified atom stereocenters. The van der Waals surface area contributed by atoms with Crippen LogP contribution in [0, 0.1) is 0 Å². The summed E-state index contributed by atoms with van der Waals surface area (Å²) < 4.78 is 74.2. The monoisotopic (exact) mass is 569 g/mol. The van der Waals surface area contributed by atoms with Gasteiger partial charge in [0.1, 0.15) is 10.6 Å². The number of aromatic nitrogens is 1. The lowest BCUT2D eigenvalue weighted by atomic mass is 9.99. The van der Waals surface area contributed by atoms with E-state index in [1.54, 1.807) is 6.07 Å². The van der Waals surface area contributed by atoms with Crippen LogP contribution in [0.5, 0.6) is 5.75 Å². The summed E-state index contributed by atoms with van der Waals surface area (Å²) in [5, 5.41) is 3.71. The smallest absolute Gasteiger partial charge is 0.379 e. The SMILES string of the molecule is O=C1NCc2c(OS(=O)(=O)c3ccccc3C(F)(F)F)ccc(-c3cc4ccccc4n3CN3CCCCC3)c21. The third-order valence-corrected chi connectivity index (χ3v) is 8.75. The van der Waals surface area contributed by atoms with E-state index < -0.39 is 32.7 Å². The van der Waals surface area contributed by atoms with Gasteiger partial charge in [-0.05, 0) is 62.3 Å². The summed E-state index contributed by atoms with van der Waals surface area (Å²) in [5.74, 6) is -0.592. The van der Waals surface area contributed by atoms with Crippen molar-refractivity contribution in [1.29, 1.82) is 0 Å². The van der Waals surface area contributed by atoms with Gasteiger partial charge in [-0.15, -0.1) is 0 Å². The number of halogens is 3.